The van der Waals surface area contributed by atoms with Gasteiger partial charge in [0.1, 0.15) is 0 Å². The average Bonchev–Trinajstić information content (AvgIpc) is 1.59. The molecular formula is C2F4O3. The van der Waals surface area contributed by atoms with Crippen LogP contribution in [0.4, 0.5) is 22.4 Å². The number of hydrogen-bond donors (Lipinski definition) is 0. The van der Waals surface area contributed by atoms with E-state index in [0.717, 1.165) is 0 Å². The minimum Gasteiger partial charge on any atom is -0.257 e. The van der Waals surface area contributed by atoms with E-state index in [1.165, 1.54) is 0 Å². The Labute approximate surface area is 46.1 Å². The van der Waals surface area contributed by atoms with Crippen LogP contribution in [0.3, 0.4) is 0 Å². The van der Waals surface area contributed by atoms with E-state index < -0.39 is 12.6 Å². The zero-order valence-corrected chi connectivity index (χ0v) is 3.74. The Morgan fingerprint density at radius 3 is 1.89 bits per heavy atom. The number of hydrogen-bond acceptors (Lipinski definition) is 3. The third kappa shape index (κ3) is 7.15. The van der Waals surface area contributed by atoms with Gasteiger partial charge >= 0.3 is 12.6 Å². The van der Waals surface area contributed by atoms with Crippen LogP contribution in [0.5, 0.6) is 0 Å². The molecule has 0 amide bonds. The Bertz CT molecular complexity index is 107. The Balaban J connectivity index is 3.39. The lowest BCUT2D eigenvalue weighted by Gasteiger charge is -2.00. The van der Waals surface area contributed by atoms with Crippen molar-refractivity contribution in [2.75, 3.05) is 0 Å². The van der Waals surface area contributed by atoms with E-state index in [1.807, 2.05) is 0 Å². The first-order chi connectivity index (χ1) is 3.92. The zero-order chi connectivity index (χ0) is 7.49. The first kappa shape index (κ1) is 8.15. The summed E-state index contributed by atoms with van der Waals surface area (Å²) < 4.78 is 43.0. The molecular weight excluding hydrogens is 150 g/mol. The SMILES string of the molecule is O=[13C](F)OO[13C](F)(F)F. The van der Waals surface area contributed by atoms with E-state index in [4.69, 9.17) is 4.79 Å². The van der Waals surface area contributed by atoms with Gasteiger partial charge in [0.25, 0.3) is 0 Å². The van der Waals surface area contributed by atoms with Gasteiger partial charge in [0.15, 0.2) is 0 Å². The van der Waals surface area contributed by atoms with Crippen molar-refractivity contribution in [1.82, 2.24) is 0 Å². The highest BCUT2D eigenvalue weighted by Crippen LogP contribution is 2.16. The van der Waals surface area contributed by atoms with Crippen LogP contribution in [0, 0.1) is 0 Å². The van der Waals surface area contributed by atoms with Crippen LogP contribution >= 0.6 is 0 Å². The highest BCUT2D eigenvalue weighted by Gasteiger charge is 2.33. The van der Waals surface area contributed by atoms with Gasteiger partial charge in [-0.25, -0.2) is 4.79 Å². The van der Waals surface area contributed by atoms with Crippen molar-refractivity contribution < 1.29 is 32.1 Å². The largest absolute Gasteiger partial charge is 0.558 e. The minimum absolute atomic E-state index is 2.27. The molecule has 0 heterocycles. The molecule has 0 aromatic heterocycles. The molecule has 0 saturated heterocycles. The average molecular weight is 150 g/mol. The molecule has 0 spiro atoms. The molecule has 0 radical (unpaired) electrons. The van der Waals surface area contributed by atoms with Gasteiger partial charge in [-0.05, 0) is 0 Å². The summed E-state index contributed by atoms with van der Waals surface area (Å²) in [6, 6.07) is 0. The fraction of sp³-hybridized carbons (Fsp3) is 0.500. The smallest absolute Gasteiger partial charge is 0.257 e. The minimum atomic E-state index is -5.15. The standard InChI is InChI=1S/C2F4O3/c3-1(7)8-9-2(4,5)6/i1+1,2+1. The molecule has 9 heavy (non-hydrogen) atoms. The van der Waals surface area contributed by atoms with Crippen molar-refractivity contribution in [3.8, 4) is 0 Å². The van der Waals surface area contributed by atoms with Crippen LogP contribution in [-0.2, 0) is 9.78 Å². The normalized spacial score (nSPS) is 11.1. The Morgan fingerprint density at radius 2 is 1.78 bits per heavy atom. The molecule has 0 N–H and O–H groups in total. The first-order valence-electron chi connectivity index (χ1n) is 1.53. The maximum Gasteiger partial charge on any atom is 0.558 e. The van der Waals surface area contributed by atoms with Gasteiger partial charge in [-0.3, -0.25) is 4.89 Å². The molecule has 0 fully saturated rings. The van der Waals surface area contributed by atoms with Crippen LogP contribution in [0.2, 0.25) is 0 Å². The molecule has 0 aromatic rings. The molecule has 0 atom stereocenters. The lowest BCUT2D eigenvalue weighted by molar-refractivity contribution is -0.459. The van der Waals surface area contributed by atoms with Crippen LogP contribution in [-0.4, -0.2) is 12.6 Å². The summed E-state index contributed by atoms with van der Waals surface area (Å²) >= 11 is 0. The number of alkyl halides is 3. The van der Waals surface area contributed by atoms with Crippen molar-refractivity contribution in [2.24, 2.45) is 0 Å². The third-order valence-electron chi connectivity index (χ3n) is 0.202. The first-order valence-corrected chi connectivity index (χ1v) is 1.53. The van der Waals surface area contributed by atoms with E-state index in [0.29, 0.717) is 0 Å². The van der Waals surface area contributed by atoms with Gasteiger partial charge < -0.3 is 0 Å². The second kappa shape index (κ2) is 2.62. The quantitative estimate of drug-likeness (QED) is 0.187. The fourth-order valence-corrected chi connectivity index (χ4v) is 0.0800. The lowest BCUT2D eigenvalue weighted by atomic mass is 12.2. The molecule has 0 aliphatic rings. The molecule has 0 aromatic carbocycles. The van der Waals surface area contributed by atoms with E-state index in [1.54, 1.807) is 0 Å². The molecule has 0 bridgehead atoms. The van der Waals surface area contributed by atoms with Gasteiger partial charge in [-0.15, -0.1) is 17.6 Å². The molecule has 54 valence electrons. The summed E-state index contributed by atoms with van der Waals surface area (Å²) in [7, 11) is 0. The Hall–Kier alpha value is -0.850. The summed E-state index contributed by atoms with van der Waals surface area (Å²) in [6.45, 7) is 0. The molecule has 0 aliphatic carbocycles. The lowest BCUT2D eigenvalue weighted by Crippen LogP contribution is -2.14. The van der Waals surface area contributed by atoms with Crippen molar-refractivity contribution in [3.63, 3.8) is 0 Å². The number of carbonyl (C=O) groups is 1. The van der Waals surface area contributed by atoms with Crippen LogP contribution in [0.1, 0.15) is 0 Å². The van der Waals surface area contributed by atoms with Crippen LogP contribution < -0.4 is 0 Å². The summed E-state index contributed by atoms with van der Waals surface area (Å²) in [5.74, 6) is 0. The topological polar surface area (TPSA) is 35.5 Å². The number of carbonyl (C=O) groups excluding carboxylic acids is 1. The van der Waals surface area contributed by atoms with E-state index in [9.17, 15) is 17.6 Å². The van der Waals surface area contributed by atoms with Crippen molar-refractivity contribution in [3.05, 3.63) is 0 Å². The van der Waals surface area contributed by atoms with Crippen LogP contribution in [0.25, 0.3) is 0 Å². The molecule has 0 aliphatic heterocycles. The highest BCUT2D eigenvalue weighted by atomic mass is 19.5. The molecule has 0 saturated carbocycles. The van der Waals surface area contributed by atoms with E-state index >= 15 is 0 Å². The molecule has 3 nitrogen and oxygen atoms in total. The summed E-state index contributed by atoms with van der Waals surface area (Å²) in [5.41, 5.74) is 0. The summed E-state index contributed by atoms with van der Waals surface area (Å²) in [4.78, 5) is 13.7. The zero-order valence-electron chi connectivity index (χ0n) is 3.74. The second-order valence-electron chi connectivity index (χ2n) is 0.850. The fourth-order valence-electron chi connectivity index (χ4n) is 0.0800. The van der Waals surface area contributed by atoms with Gasteiger partial charge in [0, 0.05) is 0 Å². The van der Waals surface area contributed by atoms with Gasteiger partial charge in [-0.1, -0.05) is 4.89 Å². The molecule has 7 heteroatoms. The molecule has 0 unspecified atom stereocenters. The van der Waals surface area contributed by atoms with Crippen molar-refractivity contribution >= 4 is 6.22 Å². The predicted molar refractivity (Wildman–Crippen MR) is 14.7 cm³/mol. The van der Waals surface area contributed by atoms with E-state index in [2.05, 4.69) is 9.78 Å². The van der Waals surface area contributed by atoms with Gasteiger partial charge in [-0.2, -0.15) is 0 Å². The highest BCUT2D eigenvalue weighted by molar-refractivity contribution is 5.56. The Morgan fingerprint density at radius 1 is 1.33 bits per heavy atom. The van der Waals surface area contributed by atoms with Crippen molar-refractivity contribution in [2.45, 2.75) is 6.36 Å². The second-order valence-corrected chi connectivity index (χ2v) is 0.850. The maximum atomic E-state index is 10.7. The maximum absolute atomic E-state index is 10.7. The summed E-state index contributed by atoms with van der Waals surface area (Å²) in [6.07, 6.45) is -7.80. The van der Waals surface area contributed by atoms with Crippen molar-refractivity contribution in [1.29, 1.82) is 0 Å². The third-order valence-corrected chi connectivity index (χ3v) is 0.202. The summed E-state index contributed by atoms with van der Waals surface area (Å²) in [5, 5.41) is 0. The number of rotatable bonds is 1. The number of halogens is 4. The molecule has 0 rings (SSSR count). The van der Waals surface area contributed by atoms with Gasteiger partial charge in [0.2, 0.25) is 0 Å². The predicted octanol–water partition coefficient (Wildman–Crippen LogP) is 1.54. The Kier molecular flexibility index (Phi) is 2.38. The van der Waals surface area contributed by atoms with Crippen LogP contribution in [0.15, 0.2) is 0 Å². The monoisotopic (exact) mass is 150 g/mol. The van der Waals surface area contributed by atoms with Gasteiger partial charge in [0.05, 0.1) is 0 Å². The van der Waals surface area contributed by atoms with E-state index in [-0.39, 0.29) is 0 Å².